The number of fused-ring (bicyclic) bond motifs is 1. The zero-order valence-corrected chi connectivity index (χ0v) is 20.2. The van der Waals surface area contributed by atoms with Gasteiger partial charge in [-0.3, -0.25) is 19.3 Å². The molecule has 0 saturated heterocycles. The number of ether oxygens (including phenoxy) is 1. The summed E-state index contributed by atoms with van der Waals surface area (Å²) in [5, 5.41) is 3.13. The lowest BCUT2D eigenvalue weighted by Crippen LogP contribution is -2.53. The van der Waals surface area contributed by atoms with Crippen molar-refractivity contribution in [3.8, 4) is 5.75 Å². The number of hydrogen-bond acceptors (Lipinski definition) is 5. The second-order valence-electron chi connectivity index (χ2n) is 9.37. The molecular weight excluding hydrogens is 430 g/mol. The molecule has 2 aromatic rings. The Balaban J connectivity index is 1.54. The lowest BCUT2D eigenvalue weighted by atomic mass is 9.80. The quantitative estimate of drug-likeness (QED) is 0.601. The van der Waals surface area contributed by atoms with Crippen LogP contribution in [-0.4, -0.2) is 60.3 Å². The van der Waals surface area contributed by atoms with Gasteiger partial charge in [-0.2, -0.15) is 0 Å². The Morgan fingerprint density at radius 3 is 2.26 bits per heavy atom. The summed E-state index contributed by atoms with van der Waals surface area (Å²) in [5.74, 6) is -0.343. The number of nitrogens with zero attached hydrogens (tertiary/aromatic N) is 2. The molecule has 2 aromatic carbocycles. The number of imide groups is 1. The van der Waals surface area contributed by atoms with Gasteiger partial charge in [0.25, 0.3) is 17.7 Å². The number of nitrogens with one attached hydrogen (secondary N) is 1. The summed E-state index contributed by atoms with van der Waals surface area (Å²) in [6, 6.07) is 12.1. The molecule has 7 nitrogen and oxygen atoms in total. The van der Waals surface area contributed by atoms with Gasteiger partial charge < -0.3 is 15.0 Å². The summed E-state index contributed by atoms with van der Waals surface area (Å²) >= 11 is 0. The number of rotatable bonds is 8. The van der Waals surface area contributed by atoms with Gasteiger partial charge in [-0.1, -0.05) is 37.5 Å². The Bertz CT molecular complexity index is 1050. The Kier molecular flexibility index (Phi) is 7.03. The van der Waals surface area contributed by atoms with E-state index in [9.17, 15) is 14.4 Å². The second kappa shape index (κ2) is 9.97. The molecule has 0 aromatic heterocycles. The maximum Gasteiger partial charge on any atom is 0.261 e. The second-order valence-corrected chi connectivity index (χ2v) is 9.37. The third kappa shape index (κ3) is 4.57. The molecular formula is C27H33N3O4. The van der Waals surface area contributed by atoms with Crippen molar-refractivity contribution in [3.05, 3.63) is 64.7 Å². The number of hydrogen-bond donors (Lipinski definition) is 1. The Hall–Kier alpha value is -3.19. The van der Waals surface area contributed by atoms with Crippen molar-refractivity contribution in [2.75, 3.05) is 27.2 Å². The van der Waals surface area contributed by atoms with Crippen LogP contribution in [0.25, 0.3) is 0 Å². The van der Waals surface area contributed by atoms with E-state index in [4.69, 9.17) is 4.74 Å². The van der Waals surface area contributed by atoms with Gasteiger partial charge in [0, 0.05) is 12.1 Å². The highest BCUT2D eigenvalue weighted by molar-refractivity contribution is 6.21. The molecule has 1 heterocycles. The first kappa shape index (κ1) is 24.0. The van der Waals surface area contributed by atoms with Crippen molar-refractivity contribution in [1.29, 1.82) is 0 Å². The highest BCUT2D eigenvalue weighted by Crippen LogP contribution is 2.32. The van der Waals surface area contributed by atoms with Crippen LogP contribution in [0.15, 0.2) is 42.5 Å². The molecule has 7 heteroatoms. The molecule has 3 amide bonds. The Labute approximate surface area is 201 Å². The first-order chi connectivity index (χ1) is 16.4. The average Bonchev–Trinajstić information content (AvgIpc) is 3.09. The highest BCUT2D eigenvalue weighted by atomic mass is 16.5. The van der Waals surface area contributed by atoms with Crippen molar-refractivity contribution in [1.82, 2.24) is 15.1 Å². The summed E-state index contributed by atoms with van der Waals surface area (Å²) in [4.78, 5) is 42.3. The van der Waals surface area contributed by atoms with Crippen LogP contribution in [0.1, 0.15) is 75.7 Å². The van der Waals surface area contributed by atoms with Gasteiger partial charge in [-0.05, 0) is 63.7 Å². The van der Waals surface area contributed by atoms with E-state index < -0.39 is 0 Å². The zero-order chi connectivity index (χ0) is 24.3. The van der Waals surface area contributed by atoms with E-state index in [2.05, 4.69) is 24.3 Å². The highest BCUT2D eigenvalue weighted by Gasteiger charge is 2.36. The molecule has 1 aliphatic heterocycles. The third-order valence-electron chi connectivity index (χ3n) is 7.12. The molecule has 0 atom stereocenters. The minimum absolute atomic E-state index is 0.0442. The molecule has 0 radical (unpaired) electrons. The normalized spacial score (nSPS) is 17.1. The van der Waals surface area contributed by atoms with E-state index in [1.165, 1.54) is 11.3 Å². The number of amides is 3. The fourth-order valence-corrected chi connectivity index (χ4v) is 5.03. The molecule has 1 N–H and O–H groups in total. The van der Waals surface area contributed by atoms with E-state index in [0.717, 1.165) is 25.7 Å². The van der Waals surface area contributed by atoms with E-state index in [1.54, 1.807) is 42.5 Å². The molecule has 2 aliphatic rings. The lowest BCUT2D eigenvalue weighted by Gasteiger charge is -2.43. The number of likely N-dealkylation sites (N-methyl/N-ethyl adjacent to an activating group) is 1. The maximum absolute atomic E-state index is 13.3. The Morgan fingerprint density at radius 2 is 1.68 bits per heavy atom. The van der Waals surface area contributed by atoms with Gasteiger partial charge >= 0.3 is 0 Å². The van der Waals surface area contributed by atoms with Crippen LogP contribution in [0.4, 0.5) is 0 Å². The van der Waals surface area contributed by atoms with Crippen LogP contribution in [0.5, 0.6) is 5.75 Å². The van der Waals surface area contributed by atoms with E-state index in [1.807, 2.05) is 6.92 Å². The van der Waals surface area contributed by atoms with Gasteiger partial charge in [-0.15, -0.1) is 0 Å². The van der Waals surface area contributed by atoms with Crippen molar-refractivity contribution in [2.24, 2.45) is 0 Å². The lowest BCUT2D eigenvalue weighted by molar-refractivity contribution is 0.0642. The minimum atomic E-state index is -0.314. The topological polar surface area (TPSA) is 78.9 Å². The summed E-state index contributed by atoms with van der Waals surface area (Å²) in [5.41, 5.74) is 1.90. The Morgan fingerprint density at radius 1 is 1.03 bits per heavy atom. The van der Waals surface area contributed by atoms with Gasteiger partial charge in [0.2, 0.25) is 0 Å². The molecule has 1 fully saturated rings. The number of carbonyl (C=O) groups is 3. The van der Waals surface area contributed by atoms with Gasteiger partial charge in [0.15, 0.2) is 0 Å². The molecule has 34 heavy (non-hydrogen) atoms. The number of benzene rings is 2. The first-order valence-corrected chi connectivity index (χ1v) is 12.0. The molecule has 180 valence electrons. The third-order valence-corrected chi connectivity index (χ3v) is 7.12. The summed E-state index contributed by atoms with van der Waals surface area (Å²) in [6.07, 6.45) is 5.66. The minimum Gasteiger partial charge on any atom is -0.493 e. The van der Waals surface area contributed by atoms with Crippen LogP contribution in [-0.2, 0) is 6.54 Å². The first-order valence-electron chi connectivity index (χ1n) is 12.0. The summed E-state index contributed by atoms with van der Waals surface area (Å²) < 4.78 is 5.72. The summed E-state index contributed by atoms with van der Waals surface area (Å²) in [6.45, 7) is 2.96. The molecule has 1 saturated carbocycles. The van der Waals surface area contributed by atoms with Crippen LogP contribution in [0.2, 0.25) is 0 Å². The van der Waals surface area contributed by atoms with Gasteiger partial charge in [0.05, 0.1) is 29.8 Å². The fraction of sp³-hybridized carbons (Fsp3) is 0.444. The van der Waals surface area contributed by atoms with Crippen LogP contribution < -0.4 is 10.1 Å². The van der Waals surface area contributed by atoms with E-state index in [-0.39, 0.29) is 29.8 Å². The molecule has 0 unspecified atom stereocenters. The van der Waals surface area contributed by atoms with Crippen molar-refractivity contribution in [3.63, 3.8) is 0 Å². The monoisotopic (exact) mass is 463 g/mol. The van der Waals surface area contributed by atoms with Crippen molar-refractivity contribution >= 4 is 17.7 Å². The maximum atomic E-state index is 13.3. The zero-order valence-electron chi connectivity index (χ0n) is 20.2. The van der Waals surface area contributed by atoms with E-state index in [0.29, 0.717) is 41.2 Å². The molecule has 0 spiro atoms. The molecule has 4 rings (SSSR count). The van der Waals surface area contributed by atoms with Crippen LogP contribution in [0, 0.1) is 0 Å². The molecule has 1 aliphatic carbocycles. The van der Waals surface area contributed by atoms with Crippen LogP contribution in [0.3, 0.4) is 0 Å². The average molecular weight is 464 g/mol. The standard InChI is InChI=1S/C27H33N3O4/c1-4-34-23-13-12-19(17-30-25(32)20-10-6-7-11-21(20)26(30)33)16-22(23)24(31)28-18-27(29(2)3)14-8-5-9-15-27/h6-7,10-13,16H,4-5,8-9,14-15,17-18H2,1-3H3,(H,28,31). The van der Waals surface area contributed by atoms with Crippen molar-refractivity contribution < 1.29 is 19.1 Å². The predicted octanol–water partition coefficient (Wildman–Crippen LogP) is 3.88. The predicted molar refractivity (Wildman–Crippen MR) is 130 cm³/mol. The van der Waals surface area contributed by atoms with Crippen molar-refractivity contribution in [2.45, 2.75) is 51.1 Å². The van der Waals surface area contributed by atoms with Gasteiger partial charge in [-0.25, -0.2) is 0 Å². The van der Waals surface area contributed by atoms with Crippen LogP contribution >= 0.6 is 0 Å². The number of carbonyl (C=O) groups excluding carboxylic acids is 3. The fourth-order valence-electron chi connectivity index (χ4n) is 5.03. The van der Waals surface area contributed by atoms with E-state index >= 15 is 0 Å². The largest absolute Gasteiger partial charge is 0.493 e. The SMILES string of the molecule is CCOc1ccc(CN2C(=O)c3ccccc3C2=O)cc1C(=O)NCC1(N(C)C)CCCCC1. The summed E-state index contributed by atoms with van der Waals surface area (Å²) in [7, 11) is 4.15. The smallest absolute Gasteiger partial charge is 0.261 e. The molecule has 0 bridgehead atoms. The van der Waals surface area contributed by atoms with Gasteiger partial charge in [0.1, 0.15) is 5.75 Å².